The van der Waals surface area contributed by atoms with Crippen molar-refractivity contribution in [1.82, 2.24) is 10.2 Å². The van der Waals surface area contributed by atoms with Gasteiger partial charge in [0.25, 0.3) is 0 Å². The number of carbonyl (C=O) groups excluding carboxylic acids is 2. The zero-order chi connectivity index (χ0) is 24.5. The smallest absolute Gasteiger partial charge is 0.407 e. The minimum atomic E-state index is -1.01. The van der Waals surface area contributed by atoms with Crippen LogP contribution in [0.15, 0.2) is 48.5 Å². The van der Waals surface area contributed by atoms with Crippen molar-refractivity contribution in [1.29, 1.82) is 0 Å². The molecule has 4 atom stereocenters. The zero-order valence-corrected chi connectivity index (χ0v) is 19.7. The number of nitrogens with zero attached hydrogens (tertiary/aromatic N) is 1. The molecule has 0 bridgehead atoms. The number of benzene rings is 2. The Balaban J connectivity index is 1.16. The average molecular weight is 479 g/mol. The number of aliphatic carboxylic acids is 1. The number of hydrogen-bond acceptors (Lipinski definition) is 5. The van der Waals surface area contributed by atoms with Crippen LogP contribution < -0.4 is 5.32 Å². The lowest BCUT2D eigenvalue weighted by molar-refractivity contribution is -0.149. The third kappa shape index (κ3) is 4.50. The van der Waals surface area contributed by atoms with E-state index in [9.17, 15) is 19.5 Å². The van der Waals surface area contributed by atoms with Crippen molar-refractivity contribution in [3.8, 4) is 11.1 Å². The van der Waals surface area contributed by atoms with E-state index in [1.165, 1.54) is 23.1 Å². The molecule has 184 valence electrons. The Morgan fingerprint density at radius 2 is 1.66 bits per heavy atom. The molecule has 5 rings (SSSR count). The van der Waals surface area contributed by atoms with E-state index in [-0.39, 0.29) is 43.0 Å². The molecule has 8 nitrogen and oxygen atoms in total. The van der Waals surface area contributed by atoms with E-state index < -0.39 is 18.1 Å². The average Bonchev–Trinajstić information content (AvgIpc) is 3.58. The first-order valence-electron chi connectivity index (χ1n) is 12.1. The van der Waals surface area contributed by atoms with Gasteiger partial charge in [-0.15, -0.1) is 0 Å². The van der Waals surface area contributed by atoms with Crippen LogP contribution >= 0.6 is 0 Å². The summed E-state index contributed by atoms with van der Waals surface area (Å²) in [5, 5.41) is 12.4. The summed E-state index contributed by atoms with van der Waals surface area (Å²) in [5.41, 5.74) is 4.65. The van der Waals surface area contributed by atoms with E-state index >= 15 is 0 Å². The monoisotopic (exact) mass is 478 g/mol. The van der Waals surface area contributed by atoms with Gasteiger partial charge in [-0.25, -0.2) is 9.59 Å². The van der Waals surface area contributed by atoms with E-state index in [1.54, 1.807) is 0 Å². The van der Waals surface area contributed by atoms with Crippen LogP contribution in [0.4, 0.5) is 4.79 Å². The lowest BCUT2D eigenvalue weighted by atomic mass is 9.98. The summed E-state index contributed by atoms with van der Waals surface area (Å²) in [5.74, 6) is -1.51. The molecule has 3 aliphatic rings. The molecule has 2 aromatic carbocycles. The molecular weight excluding hydrogens is 448 g/mol. The number of fused-ring (bicyclic) bond motifs is 3. The number of ether oxygens (including phenoxy) is 2. The van der Waals surface area contributed by atoms with Crippen molar-refractivity contribution in [2.45, 2.75) is 49.8 Å². The summed E-state index contributed by atoms with van der Waals surface area (Å²) in [6, 6.07) is 15.3. The van der Waals surface area contributed by atoms with Crippen LogP contribution in [-0.2, 0) is 19.1 Å². The van der Waals surface area contributed by atoms with Crippen LogP contribution in [0.5, 0.6) is 0 Å². The number of carboxylic acid groups (broad SMARTS) is 1. The summed E-state index contributed by atoms with van der Waals surface area (Å²) in [6.45, 7) is 0.523. The van der Waals surface area contributed by atoms with E-state index in [4.69, 9.17) is 9.47 Å². The van der Waals surface area contributed by atoms with Crippen molar-refractivity contribution >= 4 is 18.0 Å². The van der Waals surface area contributed by atoms with Crippen molar-refractivity contribution < 1.29 is 29.0 Å². The van der Waals surface area contributed by atoms with Crippen molar-refractivity contribution in [2.24, 2.45) is 5.92 Å². The fourth-order valence-corrected chi connectivity index (χ4v) is 5.82. The number of alkyl carbamates (subject to hydrolysis) is 1. The summed E-state index contributed by atoms with van der Waals surface area (Å²) in [7, 11) is 1.53. The van der Waals surface area contributed by atoms with Gasteiger partial charge in [0.05, 0.1) is 6.10 Å². The van der Waals surface area contributed by atoms with Gasteiger partial charge in [0, 0.05) is 38.0 Å². The standard InChI is InChI=1S/C27H30N2O6/c1-34-18-13-24(26(31)32)29(14-18)25(30)16-10-11-17(12-16)28-27(33)35-15-23-21-8-4-2-6-19(21)20-7-3-5-9-22(20)23/h2-9,16-18,23-24H,10-15H2,1H3,(H,28,33)(H,31,32)/t16-,17+,18?,24?/m1/s1. The topological polar surface area (TPSA) is 105 Å². The first kappa shape index (κ1) is 23.4. The summed E-state index contributed by atoms with van der Waals surface area (Å²) >= 11 is 0. The molecule has 2 unspecified atom stereocenters. The number of likely N-dealkylation sites (tertiary alicyclic amines) is 1. The van der Waals surface area contributed by atoms with Gasteiger partial charge < -0.3 is 24.8 Å². The lowest BCUT2D eigenvalue weighted by Gasteiger charge is -2.24. The first-order chi connectivity index (χ1) is 17.0. The van der Waals surface area contributed by atoms with Gasteiger partial charge in [-0.2, -0.15) is 0 Å². The minimum absolute atomic E-state index is 0.0112. The first-order valence-corrected chi connectivity index (χ1v) is 12.1. The van der Waals surface area contributed by atoms with Crippen LogP contribution in [0.1, 0.15) is 42.7 Å². The molecule has 0 spiro atoms. The molecule has 1 saturated carbocycles. The predicted octanol–water partition coefficient (Wildman–Crippen LogP) is 3.39. The van der Waals surface area contributed by atoms with Crippen LogP contribution in [0, 0.1) is 5.92 Å². The van der Waals surface area contributed by atoms with Crippen LogP contribution in [0.2, 0.25) is 0 Å². The van der Waals surface area contributed by atoms with Crippen LogP contribution in [0.3, 0.4) is 0 Å². The molecule has 1 saturated heterocycles. The van der Waals surface area contributed by atoms with Crippen molar-refractivity contribution in [3.63, 3.8) is 0 Å². The van der Waals surface area contributed by atoms with Crippen LogP contribution in [0.25, 0.3) is 11.1 Å². The molecule has 2 amide bonds. The number of carboxylic acids is 1. The number of rotatable bonds is 6. The highest BCUT2D eigenvalue weighted by molar-refractivity contribution is 5.86. The maximum atomic E-state index is 13.1. The zero-order valence-electron chi connectivity index (χ0n) is 19.7. The highest BCUT2D eigenvalue weighted by Crippen LogP contribution is 2.44. The van der Waals surface area contributed by atoms with Gasteiger partial charge >= 0.3 is 12.1 Å². The molecule has 0 aromatic heterocycles. The number of amides is 2. The maximum Gasteiger partial charge on any atom is 0.407 e. The van der Waals surface area contributed by atoms with Gasteiger partial charge in [0.15, 0.2) is 0 Å². The molecular formula is C27H30N2O6. The van der Waals surface area contributed by atoms with Gasteiger partial charge in [-0.1, -0.05) is 48.5 Å². The van der Waals surface area contributed by atoms with Gasteiger partial charge in [0.1, 0.15) is 12.6 Å². The molecule has 2 aromatic rings. The Morgan fingerprint density at radius 3 is 2.29 bits per heavy atom. The minimum Gasteiger partial charge on any atom is -0.480 e. The predicted molar refractivity (Wildman–Crippen MR) is 128 cm³/mol. The highest BCUT2D eigenvalue weighted by atomic mass is 16.5. The highest BCUT2D eigenvalue weighted by Gasteiger charge is 2.43. The Labute approximate surface area is 204 Å². The van der Waals surface area contributed by atoms with E-state index in [2.05, 4.69) is 29.6 Å². The van der Waals surface area contributed by atoms with E-state index in [0.29, 0.717) is 25.7 Å². The summed E-state index contributed by atoms with van der Waals surface area (Å²) < 4.78 is 10.9. The molecule has 35 heavy (non-hydrogen) atoms. The largest absolute Gasteiger partial charge is 0.480 e. The summed E-state index contributed by atoms with van der Waals surface area (Å²) in [4.78, 5) is 38.7. The van der Waals surface area contributed by atoms with Crippen molar-refractivity contribution in [3.05, 3.63) is 59.7 Å². The molecule has 1 aliphatic heterocycles. The quantitative estimate of drug-likeness (QED) is 0.659. The normalized spacial score (nSPS) is 25.2. The second kappa shape index (κ2) is 9.70. The fraction of sp³-hybridized carbons (Fsp3) is 0.444. The fourth-order valence-electron chi connectivity index (χ4n) is 5.82. The maximum absolute atomic E-state index is 13.1. The Bertz CT molecular complexity index is 1090. The van der Waals surface area contributed by atoms with Gasteiger partial charge in [-0.3, -0.25) is 4.79 Å². The second-order valence-corrected chi connectivity index (χ2v) is 9.61. The number of methoxy groups -OCH3 is 1. The van der Waals surface area contributed by atoms with Crippen molar-refractivity contribution in [2.75, 3.05) is 20.3 Å². The van der Waals surface area contributed by atoms with E-state index in [1.807, 2.05) is 24.3 Å². The third-order valence-corrected chi connectivity index (χ3v) is 7.61. The molecule has 2 fully saturated rings. The Kier molecular flexibility index (Phi) is 6.47. The SMILES string of the molecule is COC1CC(C(=O)O)N(C(=O)[C@@H]2CC[C@H](NC(=O)OCC3c4ccccc4-c4ccccc43)C2)C1. The molecule has 0 radical (unpaired) electrons. The Morgan fingerprint density at radius 1 is 1.00 bits per heavy atom. The molecule has 2 N–H and O–H groups in total. The number of hydrogen-bond donors (Lipinski definition) is 2. The molecule has 1 heterocycles. The number of nitrogens with one attached hydrogen (secondary N) is 1. The van der Waals surface area contributed by atoms with Gasteiger partial charge in [-0.05, 0) is 41.5 Å². The lowest BCUT2D eigenvalue weighted by Crippen LogP contribution is -2.43. The molecule has 8 heteroatoms. The van der Waals surface area contributed by atoms with Crippen LogP contribution in [-0.4, -0.2) is 66.4 Å². The second-order valence-electron chi connectivity index (χ2n) is 9.61. The number of carbonyl (C=O) groups is 3. The molecule has 2 aliphatic carbocycles. The summed E-state index contributed by atoms with van der Waals surface area (Å²) in [6.07, 6.45) is 1.27. The van der Waals surface area contributed by atoms with E-state index in [0.717, 1.165) is 11.1 Å². The Hall–Kier alpha value is -3.39. The van der Waals surface area contributed by atoms with Gasteiger partial charge in [0.2, 0.25) is 5.91 Å². The third-order valence-electron chi connectivity index (χ3n) is 7.61.